The summed E-state index contributed by atoms with van der Waals surface area (Å²) in [5, 5.41) is -0.131. The van der Waals surface area contributed by atoms with Gasteiger partial charge in [0.15, 0.2) is 5.78 Å². The third kappa shape index (κ3) is 1.87. The lowest BCUT2D eigenvalue weighted by atomic mass is 10.0. The van der Waals surface area contributed by atoms with E-state index in [1.165, 1.54) is 11.8 Å². The van der Waals surface area contributed by atoms with Gasteiger partial charge in [0.1, 0.15) is 5.78 Å². The number of thioether (sulfide) groups is 1. The monoisotopic (exact) mass is 206 g/mol. The number of Topliss-reactive ketones (excluding diaryl/α,β-unsaturated/α-hetero) is 2. The smallest absolute Gasteiger partial charge is 0.157 e. The number of ketones is 2. The van der Waals surface area contributed by atoms with Crippen LogP contribution in [-0.4, -0.2) is 17.3 Å². The zero-order chi connectivity index (χ0) is 9.97. The normalized spacial score (nSPS) is 22.4. The van der Waals surface area contributed by atoms with Gasteiger partial charge >= 0.3 is 0 Å². The lowest BCUT2D eigenvalue weighted by molar-refractivity contribution is -0.126. The van der Waals surface area contributed by atoms with Crippen molar-refractivity contribution in [2.45, 2.75) is 11.7 Å². The molecule has 0 bridgehead atoms. The average molecular weight is 206 g/mol. The zero-order valence-electron chi connectivity index (χ0n) is 7.60. The maximum atomic E-state index is 11.6. The van der Waals surface area contributed by atoms with E-state index in [0.29, 0.717) is 5.75 Å². The standard InChI is InChI=1S/C11H10O2S/c12-9-6-10(13)11(14-7-9)8-4-2-1-3-5-8/h1-5,11H,6-7H2. The van der Waals surface area contributed by atoms with Crippen LogP contribution in [0.1, 0.15) is 17.2 Å². The Bertz CT molecular complexity index is 359. The van der Waals surface area contributed by atoms with Gasteiger partial charge in [0.25, 0.3) is 0 Å². The number of rotatable bonds is 1. The first-order valence-electron chi connectivity index (χ1n) is 4.48. The molecule has 14 heavy (non-hydrogen) atoms. The van der Waals surface area contributed by atoms with Gasteiger partial charge in [-0.3, -0.25) is 9.59 Å². The third-order valence-electron chi connectivity index (χ3n) is 2.18. The van der Waals surface area contributed by atoms with Crippen LogP contribution < -0.4 is 0 Å². The van der Waals surface area contributed by atoms with E-state index in [4.69, 9.17) is 0 Å². The highest BCUT2D eigenvalue weighted by Crippen LogP contribution is 2.34. The van der Waals surface area contributed by atoms with Gasteiger partial charge < -0.3 is 0 Å². The molecule has 0 saturated carbocycles. The Morgan fingerprint density at radius 1 is 1.14 bits per heavy atom. The molecule has 1 atom stereocenters. The molecular weight excluding hydrogens is 196 g/mol. The Kier molecular flexibility index (Phi) is 2.68. The van der Waals surface area contributed by atoms with Crippen molar-refractivity contribution in [2.75, 3.05) is 5.75 Å². The first-order valence-corrected chi connectivity index (χ1v) is 5.53. The molecule has 1 heterocycles. The second-order valence-electron chi connectivity index (χ2n) is 3.28. The van der Waals surface area contributed by atoms with E-state index >= 15 is 0 Å². The Morgan fingerprint density at radius 3 is 2.50 bits per heavy atom. The molecule has 1 aromatic carbocycles. The van der Waals surface area contributed by atoms with E-state index in [9.17, 15) is 9.59 Å². The fraction of sp³-hybridized carbons (Fsp3) is 0.273. The van der Waals surface area contributed by atoms with E-state index < -0.39 is 0 Å². The van der Waals surface area contributed by atoms with E-state index in [2.05, 4.69) is 0 Å². The molecule has 3 heteroatoms. The molecular formula is C11H10O2S. The second kappa shape index (κ2) is 3.96. The maximum absolute atomic E-state index is 11.6. The van der Waals surface area contributed by atoms with Crippen LogP contribution in [0.25, 0.3) is 0 Å². The number of carbonyl (C=O) groups is 2. The number of carbonyl (C=O) groups excluding carboxylic acids is 2. The van der Waals surface area contributed by atoms with Crippen molar-refractivity contribution in [3.63, 3.8) is 0 Å². The van der Waals surface area contributed by atoms with Crippen molar-refractivity contribution < 1.29 is 9.59 Å². The highest BCUT2D eigenvalue weighted by molar-refractivity contribution is 8.01. The molecule has 0 spiro atoms. The van der Waals surface area contributed by atoms with Gasteiger partial charge in [-0.15, -0.1) is 11.8 Å². The van der Waals surface area contributed by atoms with Crippen molar-refractivity contribution >= 4 is 23.3 Å². The summed E-state index contributed by atoms with van der Waals surface area (Å²) in [4.78, 5) is 22.6. The molecule has 0 aliphatic carbocycles. The Balaban J connectivity index is 2.20. The zero-order valence-corrected chi connectivity index (χ0v) is 8.42. The fourth-order valence-electron chi connectivity index (χ4n) is 1.52. The van der Waals surface area contributed by atoms with Crippen molar-refractivity contribution in [1.82, 2.24) is 0 Å². The SMILES string of the molecule is O=C1CSC(c2ccccc2)C(=O)C1. The van der Waals surface area contributed by atoms with Gasteiger partial charge in [-0.05, 0) is 5.56 Å². The summed E-state index contributed by atoms with van der Waals surface area (Å²) in [6.07, 6.45) is 0.104. The summed E-state index contributed by atoms with van der Waals surface area (Å²) in [7, 11) is 0. The van der Waals surface area contributed by atoms with Gasteiger partial charge in [0.05, 0.1) is 17.4 Å². The van der Waals surface area contributed by atoms with Crippen molar-refractivity contribution in [1.29, 1.82) is 0 Å². The summed E-state index contributed by atoms with van der Waals surface area (Å²) < 4.78 is 0. The Morgan fingerprint density at radius 2 is 1.86 bits per heavy atom. The first-order chi connectivity index (χ1) is 6.77. The molecule has 0 N–H and O–H groups in total. The number of hydrogen-bond acceptors (Lipinski definition) is 3. The van der Waals surface area contributed by atoms with Crippen LogP contribution in [-0.2, 0) is 9.59 Å². The quantitative estimate of drug-likeness (QED) is 0.659. The Labute approximate surface area is 86.7 Å². The molecule has 0 aromatic heterocycles. The van der Waals surface area contributed by atoms with Crippen LogP contribution in [0.4, 0.5) is 0 Å². The summed E-state index contributed by atoms with van der Waals surface area (Å²) in [5.41, 5.74) is 1.01. The fourth-order valence-corrected chi connectivity index (χ4v) is 2.59. The number of benzene rings is 1. The van der Waals surface area contributed by atoms with Gasteiger partial charge in [0.2, 0.25) is 0 Å². The van der Waals surface area contributed by atoms with Gasteiger partial charge in [-0.1, -0.05) is 30.3 Å². The van der Waals surface area contributed by atoms with Crippen molar-refractivity contribution in [2.24, 2.45) is 0 Å². The minimum atomic E-state index is -0.131. The molecule has 2 rings (SSSR count). The molecule has 72 valence electrons. The van der Waals surface area contributed by atoms with E-state index in [1.807, 2.05) is 30.3 Å². The van der Waals surface area contributed by atoms with Crippen LogP contribution in [0.5, 0.6) is 0 Å². The minimum absolute atomic E-state index is 0.0393. The molecule has 1 unspecified atom stereocenters. The van der Waals surface area contributed by atoms with E-state index in [0.717, 1.165) is 5.56 Å². The molecule has 1 aliphatic heterocycles. The molecule has 1 saturated heterocycles. The van der Waals surface area contributed by atoms with E-state index in [1.54, 1.807) is 0 Å². The lowest BCUT2D eigenvalue weighted by Gasteiger charge is -2.19. The van der Waals surface area contributed by atoms with Crippen LogP contribution in [0.2, 0.25) is 0 Å². The predicted octanol–water partition coefficient (Wildman–Crippen LogP) is 2.00. The Hall–Kier alpha value is -1.09. The highest BCUT2D eigenvalue weighted by atomic mass is 32.2. The van der Waals surface area contributed by atoms with Crippen LogP contribution in [0.15, 0.2) is 30.3 Å². The van der Waals surface area contributed by atoms with Gasteiger partial charge in [-0.25, -0.2) is 0 Å². The maximum Gasteiger partial charge on any atom is 0.157 e. The summed E-state index contributed by atoms with van der Waals surface area (Å²) >= 11 is 1.43. The van der Waals surface area contributed by atoms with Gasteiger partial charge in [-0.2, -0.15) is 0 Å². The topological polar surface area (TPSA) is 34.1 Å². The second-order valence-corrected chi connectivity index (χ2v) is 4.38. The highest BCUT2D eigenvalue weighted by Gasteiger charge is 2.28. The van der Waals surface area contributed by atoms with Crippen LogP contribution >= 0.6 is 11.8 Å². The summed E-state index contributed by atoms with van der Waals surface area (Å²) in [6, 6.07) is 9.63. The van der Waals surface area contributed by atoms with E-state index in [-0.39, 0.29) is 23.2 Å². The predicted molar refractivity (Wildman–Crippen MR) is 56.3 cm³/mol. The molecule has 2 nitrogen and oxygen atoms in total. The van der Waals surface area contributed by atoms with Crippen molar-refractivity contribution in [3.05, 3.63) is 35.9 Å². The molecule has 0 radical (unpaired) electrons. The molecule has 1 aliphatic rings. The largest absolute Gasteiger partial charge is 0.298 e. The van der Waals surface area contributed by atoms with Gasteiger partial charge in [0, 0.05) is 0 Å². The molecule has 0 amide bonds. The summed E-state index contributed by atoms with van der Waals surface area (Å²) in [6.45, 7) is 0. The first kappa shape index (κ1) is 9.46. The average Bonchev–Trinajstić information content (AvgIpc) is 2.19. The third-order valence-corrected chi connectivity index (χ3v) is 3.53. The van der Waals surface area contributed by atoms with Crippen molar-refractivity contribution in [3.8, 4) is 0 Å². The molecule has 1 fully saturated rings. The minimum Gasteiger partial charge on any atom is -0.298 e. The van der Waals surface area contributed by atoms with Crippen LogP contribution in [0, 0.1) is 0 Å². The molecule has 1 aromatic rings. The summed E-state index contributed by atoms with van der Waals surface area (Å²) in [5.74, 6) is 0.551. The van der Waals surface area contributed by atoms with Crippen LogP contribution in [0.3, 0.4) is 0 Å². The lowest BCUT2D eigenvalue weighted by Crippen LogP contribution is -2.22. The number of hydrogen-bond donors (Lipinski definition) is 0.